The average Bonchev–Trinajstić information content (AvgIpc) is 2.47. The van der Waals surface area contributed by atoms with E-state index in [0.717, 1.165) is 18.0 Å². The molecule has 1 saturated heterocycles. The quantitative estimate of drug-likeness (QED) is 0.831. The molecule has 1 fully saturated rings. The Morgan fingerprint density at radius 3 is 2.75 bits per heavy atom. The van der Waals surface area contributed by atoms with Gasteiger partial charge in [-0.25, -0.2) is 0 Å². The molecule has 0 radical (unpaired) electrons. The zero-order valence-corrected chi connectivity index (χ0v) is 12.9. The monoisotopic (exact) mass is 274 g/mol. The lowest BCUT2D eigenvalue weighted by Crippen LogP contribution is -2.39. The molecule has 1 aromatic carbocycles. The van der Waals surface area contributed by atoms with Crippen molar-refractivity contribution in [3.63, 3.8) is 0 Å². The molecule has 0 unspecified atom stereocenters. The van der Waals surface area contributed by atoms with Gasteiger partial charge in [-0.3, -0.25) is 4.90 Å². The van der Waals surface area contributed by atoms with Crippen LogP contribution in [0.1, 0.15) is 26.7 Å². The van der Waals surface area contributed by atoms with Gasteiger partial charge in [-0.2, -0.15) is 0 Å². The molecule has 0 aliphatic carbocycles. The van der Waals surface area contributed by atoms with E-state index in [9.17, 15) is 0 Å². The summed E-state index contributed by atoms with van der Waals surface area (Å²) in [4.78, 5) is 2.52. The number of nitrogens with zero attached hydrogens (tertiary/aromatic N) is 1. The number of ether oxygens (including phenoxy) is 1. The van der Waals surface area contributed by atoms with Gasteiger partial charge in [-0.15, -0.1) is 0 Å². The number of hydrogen-bond donors (Lipinski definition) is 1. The second-order valence-corrected chi connectivity index (χ2v) is 5.73. The van der Waals surface area contributed by atoms with Crippen molar-refractivity contribution in [2.75, 3.05) is 32.1 Å². The van der Waals surface area contributed by atoms with Crippen molar-refractivity contribution in [2.24, 2.45) is 0 Å². The predicted molar refractivity (Wildman–Crippen MR) is 85.5 cm³/mol. The zero-order chi connectivity index (χ0) is 14.4. The molecular formula is C17H26N2O. The summed E-state index contributed by atoms with van der Waals surface area (Å²) >= 11 is 0. The summed E-state index contributed by atoms with van der Waals surface area (Å²) in [5, 5.41) is 3.62. The van der Waals surface area contributed by atoms with Crippen molar-refractivity contribution in [3.05, 3.63) is 35.9 Å². The molecular weight excluding hydrogens is 248 g/mol. The zero-order valence-electron chi connectivity index (χ0n) is 12.9. The summed E-state index contributed by atoms with van der Waals surface area (Å²) in [6.45, 7) is 7.76. The summed E-state index contributed by atoms with van der Waals surface area (Å²) in [5.41, 5.74) is 2.56. The Labute approximate surface area is 122 Å². The number of benzene rings is 1. The third kappa shape index (κ3) is 4.57. The van der Waals surface area contributed by atoms with Crippen LogP contribution in [0.2, 0.25) is 0 Å². The summed E-state index contributed by atoms with van der Waals surface area (Å²) in [7, 11) is 1.71. The van der Waals surface area contributed by atoms with Crippen molar-refractivity contribution in [1.82, 2.24) is 4.90 Å². The molecule has 3 nitrogen and oxygen atoms in total. The molecule has 1 N–H and O–H groups in total. The highest BCUT2D eigenvalue weighted by atomic mass is 16.5. The Morgan fingerprint density at radius 2 is 2.10 bits per heavy atom. The maximum Gasteiger partial charge on any atom is 0.120 e. The molecule has 2 rings (SSSR count). The van der Waals surface area contributed by atoms with Gasteiger partial charge in [-0.1, -0.05) is 17.7 Å². The molecule has 0 amide bonds. The molecule has 0 spiro atoms. The number of likely N-dealkylation sites (tertiary alicyclic amines) is 1. The van der Waals surface area contributed by atoms with Gasteiger partial charge >= 0.3 is 0 Å². The highest BCUT2D eigenvalue weighted by molar-refractivity contribution is 5.48. The van der Waals surface area contributed by atoms with Gasteiger partial charge in [0.15, 0.2) is 0 Å². The minimum Gasteiger partial charge on any atom is -0.497 e. The largest absolute Gasteiger partial charge is 0.497 e. The molecule has 0 atom stereocenters. The number of methoxy groups -OCH3 is 1. The van der Waals surface area contributed by atoms with Gasteiger partial charge in [0.05, 0.1) is 7.11 Å². The van der Waals surface area contributed by atoms with Crippen LogP contribution in [0.25, 0.3) is 0 Å². The number of piperidine rings is 1. The Hall–Kier alpha value is -1.48. The van der Waals surface area contributed by atoms with Crippen molar-refractivity contribution in [1.29, 1.82) is 0 Å². The molecule has 0 aromatic heterocycles. The van der Waals surface area contributed by atoms with E-state index in [4.69, 9.17) is 4.74 Å². The Kier molecular flexibility index (Phi) is 5.48. The van der Waals surface area contributed by atoms with Gasteiger partial charge in [0.2, 0.25) is 0 Å². The molecule has 20 heavy (non-hydrogen) atoms. The van der Waals surface area contributed by atoms with Crippen molar-refractivity contribution in [3.8, 4) is 5.75 Å². The molecule has 1 aliphatic rings. The minimum atomic E-state index is 0.574. The first kappa shape index (κ1) is 14.9. The van der Waals surface area contributed by atoms with Crippen LogP contribution in [-0.2, 0) is 0 Å². The third-order valence-corrected chi connectivity index (χ3v) is 3.79. The molecule has 0 saturated carbocycles. The maximum atomic E-state index is 5.26. The predicted octanol–water partition coefficient (Wildman–Crippen LogP) is 3.54. The fourth-order valence-electron chi connectivity index (χ4n) is 2.52. The smallest absolute Gasteiger partial charge is 0.120 e. The fraction of sp³-hybridized carbons (Fsp3) is 0.529. The lowest BCUT2D eigenvalue weighted by Gasteiger charge is -2.32. The Balaban J connectivity index is 1.80. The topological polar surface area (TPSA) is 24.5 Å². The SMILES string of the molecule is COc1cccc(NC2CCN(CC=C(C)C)CC2)c1. The van der Waals surface area contributed by atoms with Crippen molar-refractivity contribution in [2.45, 2.75) is 32.7 Å². The van der Waals surface area contributed by atoms with Gasteiger partial charge in [0, 0.05) is 37.4 Å². The second-order valence-electron chi connectivity index (χ2n) is 5.73. The van der Waals surface area contributed by atoms with Crippen LogP contribution in [0.15, 0.2) is 35.9 Å². The van der Waals surface area contributed by atoms with E-state index >= 15 is 0 Å². The van der Waals surface area contributed by atoms with Crippen molar-refractivity contribution < 1.29 is 4.74 Å². The Morgan fingerprint density at radius 1 is 1.35 bits per heavy atom. The molecule has 1 aromatic rings. The van der Waals surface area contributed by atoms with E-state index in [-0.39, 0.29) is 0 Å². The number of rotatable bonds is 5. The first-order chi connectivity index (χ1) is 9.67. The summed E-state index contributed by atoms with van der Waals surface area (Å²) < 4.78 is 5.26. The summed E-state index contributed by atoms with van der Waals surface area (Å²) in [6.07, 6.45) is 4.72. The van der Waals surface area contributed by atoms with Gasteiger partial charge < -0.3 is 10.1 Å². The number of nitrogens with one attached hydrogen (secondary N) is 1. The molecule has 110 valence electrons. The Bertz CT molecular complexity index is 444. The minimum absolute atomic E-state index is 0.574. The summed E-state index contributed by atoms with van der Waals surface area (Å²) in [6, 6.07) is 8.76. The van der Waals surface area contributed by atoms with Gasteiger partial charge in [0.1, 0.15) is 5.75 Å². The van der Waals surface area contributed by atoms with Gasteiger partial charge in [-0.05, 0) is 38.8 Å². The van der Waals surface area contributed by atoms with Crippen LogP contribution in [0.3, 0.4) is 0 Å². The van der Waals surface area contributed by atoms with Crippen LogP contribution in [0.4, 0.5) is 5.69 Å². The number of hydrogen-bond acceptors (Lipinski definition) is 3. The highest BCUT2D eigenvalue weighted by Crippen LogP contribution is 2.20. The standard InChI is InChI=1S/C17H26N2O/c1-14(2)7-10-19-11-8-15(9-12-19)18-16-5-4-6-17(13-16)20-3/h4-7,13,15,18H,8-12H2,1-3H3. The van der Waals surface area contributed by atoms with E-state index in [1.165, 1.54) is 31.5 Å². The lowest BCUT2D eigenvalue weighted by molar-refractivity contribution is 0.240. The van der Waals surface area contributed by atoms with Crippen LogP contribution < -0.4 is 10.1 Å². The summed E-state index contributed by atoms with van der Waals surface area (Å²) in [5.74, 6) is 0.913. The van der Waals surface area contributed by atoms with E-state index in [2.05, 4.69) is 42.3 Å². The molecule has 3 heteroatoms. The van der Waals surface area contributed by atoms with Crippen molar-refractivity contribution >= 4 is 5.69 Å². The normalized spacial score (nSPS) is 16.8. The number of allylic oxidation sites excluding steroid dienone is 1. The lowest BCUT2D eigenvalue weighted by atomic mass is 10.0. The van der Waals surface area contributed by atoms with Gasteiger partial charge in [0.25, 0.3) is 0 Å². The van der Waals surface area contributed by atoms with E-state index in [1.807, 2.05) is 12.1 Å². The fourth-order valence-corrected chi connectivity index (χ4v) is 2.52. The van der Waals surface area contributed by atoms with Crippen LogP contribution >= 0.6 is 0 Å². The first-order valence-corrected chi connectivity index (χ1v) is 7.43. The maximum absolute atomic E-state index is 5.26. The average molecular weight is 274 g/mol. The van der Waals surface area contributed by atoms with E-state index in [0.29, 0.717) is 6.04 Å². The third-order valence-electron chi connectivity index (χ3n) is 3.79. The molecule has 1 aliphatic heterocycles. The van der Waals surface area contributed by atoms with E-state index < -0.39 is 0 Å². The van der Waals surface area contributed by atoms with Crippen LogP contribution in [-0.4, -0.2) is 37.7 Å². The van der Waals surface area contributed by atoms with E-state index in [1.54, 1.807) is 7.11 Å². The number of anilines is 1. The molecule has 0 bridgehead atoms. The van der Waals surface area contributed by atoms with Crippen LogP contribution in [0.5, 0.6) is 5.75 Å². The first-order valence-electron chi connectivity index (χ1n) is 7.43. The highest BCUT2D eigenvalue weighted by Gasteiger charge is 2.18. The second kappa shape index (κ2) is 7.34. The van der Waals surface area contributed by atoms with Crippen LogP contribution in [0, 0.1) is 0 Å². The molecule has 1 heterocycles.